The van der Waals surface area contributed by atoms with Gasteiger partial charge in [-0.15, -0.1) is 0 Å². The molecular formula is C17H15N3O2S. The molecule has 0 unspecified atom stereocenters. The van der Waals surface area contributed by atoms with E-state index >= 15 is 0 Å². The van der Waals surface area contributed by atoms with Gasteiger partial charge < -0.3 is 10.6 Å². The zero-order valence-electron chi connectivity index (χ0n) is 12.3. The SMILES string of the molecule is N#CSc1ccc(NC(=O)C(=O)NCCc2ccccc2)cc1. The molecule has 23 heavy (non-hydrogen) atoms. The van der Waals surface area contributed by atoms with Gasteiger partial charge in [0.1, 0.15) is 5.40 Å². The van der Waals surface area contributed by atoms with Gasteiger partial charge in [-0.1, -0.05) is 30.3 Å². The summed E-state index contributed by atoms with van der Waals surface area (Å²) in [7, 11) is 0. The molecule has 116 valence electrons. The lowest BCUT2D eigenvalue weighted by molar-refractivity contribution is -0.136. The van der Waals surface area contributed by atoms with Crippen molar-refractivity contribution in [2.45, 2.75) is 11.3 Å². The molecular weight excluding hydrogens is 310 g/mol. The molecule has 2 aromatic rings. The second kappa shape index (κ2) is 8.61. The lowest BCUT2D eigenvalue weighted by Crippen LogP contribution is -2.36. The Bertz CT molecular complexity index is 709. The minimum atomic E-state index is -0.709. The predicted octanol–water partition coefficient (Wildman–Crippen LogP) is 2.56. The van der Waals surface area contributed by atoms with Crippen molar-refractivity contribution in [3.8, 4) is 5.40 Å². The fourth-order valence-corrected chi connectivity index (χ4v) is 2.27. The number of nitrogens with zero attached hydrogens (tertiary/aromatic N) is 1. The maximum absolute atomic E-state index is 11.8. The molecule has 2 rings (SSSR count). The van der Waals surface area contributed by atoms with E-state index in [1.807, 2.05) is 35.7 Å². The van der Waals surface area contributed by atoms with Gasteiger partial charge in [0.2, 0.25) is 0 Å². The molecule has 0 aromatic heterocycles. The van der Waals surface area contributed by atoms with Crippen LogP contribution < -0.4 is 10.6 Å². The van der Waals surface area contributed by atoms with Crippen molar-refractivity contribution in [2.24, 2.45) is 0 Å². The molecule has 0 heterocycles. The van der Waals surface area contributed by atoms with Gasteiger partial charge in [0.25, 0.3) is 0 Å². The first kappa shape index (κ1) is 16.6. The number of thiocyanates is 1. The number of nitriles is 1. The van der Waals surface area contributed by atoms with Crippen molar-refractivity contribution in [3.05, 3.63) is 60.2 Å². The molecule has 5 nitrogen and oxygen atoms in total. The normalized spacial score (nSPS) is 9.70. The maximum atomic E-state index is 11.8. The second-order valence-electron chi connectivity index (χ2n) is 4.66. The van der Waals surface area contributed by atoms with E-state index in [4.69, 9.17) is 5.26 Å². The summed E-state index contributed by atoms with van der Waals surface area (Å²) in [4.78, 5) is 24.3. The van der Waals surface area contributed by atoms with Crippen LogP contribution in [-0.2, 0) is 16.0 Å². The number of thioether (sulfide) groups is 1. The number of carbonyl (C=O) groups excluding carboxylic acids is 2. The van der Waals surface area contributed by atoms with Crippen LogP contribution >= 0.6 is 11.8 Å². The van der Waals surface area contributed by atoms with Gasteiger partial charge in [0.15, 0.2) is 0 Å². The Morgan fingerprint density at radius 1 is 1.00 bits per heavy atom. The van der Waals surface area contributed by atoms with Crippen molar-refractivity contribution in [3.63, 3.8) is 0 Å². The first-order chi connectivity index (χ1) is 11.2. The van der Waals surface area contributed by atoms with Crippen molar-refractivity contribution < 1.29 is 9.59 Å². The monoisotopic (exact) mass is 325 g/mol. The van der Waals surface area contributed by atoms with Gasteiger partial charge in [-0.2, -0.15) is 5.26 Å². The summed E-state index contributed by atoms with van der Waals surface area (Å²) >= 11 is 1.03. The zero-order valence-corrected chi connectivity index (χ0v) is 13.1. The van der Waals surface area contributed by atoms with Crippen molar-refractivity contribution in [1.82, 2.24) is 5.32 Å². The van der Waals surface area contributed by atoms with E-state index in [2.05, 4.69) is 10.6 Å². The molecule has 0 bridgehead atoms. The molecule has 0 aliphatic rings. The molecule has 0 radical (unpaired) electrons. The number of benzene rings is 2. The van der Waals surface area contributed by atoms with Crippen molar-refractivity contribution in [2.75, 3.05) is 11.9 Å². The highest BCUT2D eigenvalue weighted by molar-refractivity contribution is 8.03. The summed E-state index contributed by atoms with van der Waals surface area (Å²) in [5.41, 5.74) is 1.61. The lowest BCUT2D eigenvalue weighted by Gasteiger charge is -2.07. The van der Waals surface area contributed by atoms with Crippen LogP contribution in [0, 0.1) is 10.7 Å². The van der Waals surface area contributed by atoms with E-state index < -0.39 is 11.8 Å². The third-order valence-corrected chi connectivity index (χ3v) is 3.62. The number of carbonyl (C=O) groups is 2. The fourth-order valence-electron chi connectivity index (χ4n) is 1.89. The van der Waals surface area contributed by atoms with Gasteiger partial charge >= 0.3 is 11.8 Å². The molecule has 0 saturated heterocycles. The Morgan fingerprint density at radius 2 is 1.70 bits per heavy atom. The molecule has 0 spiro atoms. The van der Waals surface area contributed by atoms with E-state index in [1.54, 1.807) is 24.3 Å². The Kier molecular flexibility index (Phi) is 6.21. The zero-order chi connectivity index (χ0) is 16.5. The van der Waals surface area contributed by atoms with E-state index in [-0.39, 0.29) is 0 Å². The Labute approximate surface area is 138 Å². The number of nitrogens with one attached hydrogen (secondary N) is 2. The molecule has 0 aliphatic heterocycles. The van der Waals surface area contributed by atoms with Gasteiger partial charge in [-0.05, 0) is 48.0 Å². The minimum absolute atomic E-state index is 0.397. The fraction of sp³-hybridized carbons (Fsp3) is 0.118. The van der Waals surface area contributed by atoms with Crippen molar-refractivity contribution in [1.29, 1.82) is 5.26 Å². The summed E-state index contributed by atoms with van der Waals surface area (Å²) in [6.07, 6.45) is 0.667. The summed E-state index contributed by atoms with van der Waals surface area (Å²) in [5, 5.41) is 15.6. The van der Waals surface area contributed by atoms with Crippen LogP contribution in [0.3, 0.4) is 0 Å². The van der Waals surface area contributed by atoms with Crippen LogP contribution in [0.1, 0.15) is 5.56 Å². The number of anilines is 1. The molecule has 2 N–H and O–H groups in total. The summed E-state index contributed by atoms with van der Waals surface area (Å²) in [6.45, 7) is 0.397. The maximum Gasteiger partial charge on any atom is 0.313 e. The van der Waals surface area contributed by atoms with E-state index in [9.17, 15) is 9.59 Å². The minimum Gasteiger partial charge on any atom is -0.347 e. The van der Waals surface area contributed by atoms with Crippen LogP contribution in [0.15, 0.2) is 59.5 Å². The summed E-state index contributed by atoms with van der Waals surface area (Å²) in [6, 6.07) is 16.4. The first-order valence-electron chi connectivity index (χ1n) is 6.98. The van der Waals surface area contributed by atoms with Gasteiger partial charge in [-0.25, -0.2) is 0 Å². The van der Waals surface area contributed by atoms with Crippen LogP contribution in [0.5, 0.6) is 0 Å². The standard InChI is InChI=1S/C17H15N3O2S/c18-12-23-15-8-6-14(7-9-15)20-17(22)16(21)19-11-10-13-4-2-1-3-5-13/h1-9H,10-11H2,(H,19,21)(H,20,22). The average molecular weight is 325 g/mol. The molecule has 0 atom stereocenters. The molecule has 0 fully saturated rings. The number of amides is 2. The van der Waals surface area contributed by atoms with Gasteiger partial charge in [0.05, 0.1) is 0 Å². The highest BCUT2D eigenvalue weighted by Gasteiger charge is 2.12. The van der Waals surface area contributed by atoms with Crippen LogP contribution in [-0.4, -0.2) is 18.4 Å². The van der Waals surface area contributed by atoms with E-state index in [1.165, 1.54) is 0 Å². The quantitative estimate of drug-likeness (QED) is 0.503. The number of hydrogen-bond donors (Lipinski definition) is 2. The third-order valence-electron chi connectivity index (χ3n) is 3.02. The van der Waals surface area contributed by atoms with E-state index in [0.717, 1.165) is 22.2 Å². The summed E-state index contributed by atoms with van der Waals surface area (Å²) < 4.78 is 0. The lowest BCUT2D eigenvalue weighted by atomic mass is 10.1. The van der Waals surface area contributed by atoms with E-state index in [0.29, 0.717) is 18.7 Å². The smallest absolute Gasteiger partial charge is 0.313 e. The Hall–Kier alpha value is -2.78. The Morgan fingerprint density at radius 3 is 2.35 bits per heavy atom. The van der Waals surface area contributed by atoms with Crippen LogP contribution in [0.25, 0.3) is 0 Å². The van der Waals surface area contributed by atoms with Gasteiger partial charge in [-0.3, -0.25) is 9.59 Å². The van der Waals surface area contributed by atoms with Gasteiger partial charge in [0, 0.05) is 17.1 Å². The molecule has 2 amide bonds. The molecule has 2 aromatic carbocycles. The molecule has 6 heteroatoms. The number of rotatable bonds is 5. The number of hydrogen-bond acceptors (Lipinski definition) is 4. The highest BCUT2D eigenvalue weighted by Crippen LogP contribution is 2.18. The topological polar surface area (TPSA) is 82.0 Å². The van der Waals surface area contributed by atoms with Crippen LogP contribution in [0.2, 0.25) is 0 Å². The molecule has 0 saturated carbocycles. The largest absolute Gasteiger partial charge is 0.347 e. The highest BCUT2D eigenvalue weighted by atomic mass is 32.2. The predicted molar refractivity (Wildman–Crippen MR) is 89.7 cm³/mol. The molecule has 0 aliphatic carbocycles. The third kappa shape index (κ3) is 5.49. The van der Waals surface area contributed by atoms with Crippen molar-refractivity contribution >= 4 is 29.3 Å². The average Bonchev–Trinajstić information content (AvgIpc) is 2.57. The first-order valence-corrected chi connectivity index (χ1v) is 7.80. The summed E-state index contributed by atoms with van der Waals surface area (Å²) in [5.74, 6) is -1.38. The van der Waals surface area contributed by atoms with Crippen LogP contribution in [0.4, 0.5) is 5.69 Å². The Balaban J connectivity index is 1.78. The second-order valence-corrected chi connectivity index (χ2v) is 5.52.